The first kappa shape index (κ1) is 7.46. The number of aromatic nitrogens is 1. The van der Waals surface area contributed by atoms with Gasteiger partial charge in [0, 0.05) is 6.07 Å². The van der Waals surface area contributed by atoms with Gasteiger partial charge in [-0.15, -0.1) is 0 Å². The van der Waals surface area contributed by atoms with E-state index in [1.54, 1.807) is 6.07 Å². The lowest BCUT2D eigenvalue weighted by Gasteiger charge is -1.95. The Morgan fingerprint density at radius 1 is 1.73 bits per heavy atom. The Kier molecular flexibility index (Phi) is 2.00. The predicted molar refractivity (Wildman–Crippen MR) is 37.4 cm³/mol. The van der Waals surface area contributed by atoms with Crippen molar-refractivity contribution in [2.75, 3.05) is 7.11 Å². The van der Waals surface area contributed by atoms with E-state index in [0.717, 1.165) is 0 Å². The molecule has 0 amide bonds. The Balaban J connectivity index is 3.01. The molecule has 0 fully saturated rings. The third-order valence-electron chi connectivity index (χ3n) is 1.14. The van der Waals surface area contributed by atoms with Crippen molar-refractivity contribution in [1.29, 1.82) is 0 Å². The van der Waals surface area contributed by atoms with Crippen LogP contribution in [0, 0.1) is 10.1 Å². The van der Waals surface area contributed by atoms with Crippen LogP contribution in [0.25, 0.3) is 0 Å². The smallest absolute Gasteiger partial charge is 0.367 e. The molecule has 11 heavy (non-hydrogen) atoms. The highest BCUT2D eigenvalue weighted by atomic mass is 16.6. The van der Waals surface area contributed by atoms with Gasteiger partial charge in [0.2, 0.25) is 0 Å². The third-order valence-corrected chi connectivity index (χ3v) is 1.14. The first-order chi connectivity index (χ1) is 5.24. The first-order valence-corrected chi connectivity index (χ1v) is 2.88. The van der Waals surface area contributed by atoms with Crippen LogP contribution < -0.4 is 4.74 Å². The van der Waals surface area contributed by atoms with Gasteiger partial charge in [0.15, 0.2) is 0 Å². The van der Waals surface area contributed by atoms with Crippen LogP contribution in [-0.4, -0.2) is 17.0 Å². The summed E-state index contributed by atoms with van der Waals surface area (Å²) in [6, 6.07) is 2.81. The Morgan fingerprint density at radius 3 is 3.00 bits per heavy atom. The quantitative estimate of drug-likeness (QED) is 0.470. The fraction of sp³-hybridized carbons (Fsp3) is 0.167. The van der Waals surface area contributed by atoms with Gasteiger partial charge in [-0.1, -0.05) is 0 Å². The van der Waals surface area contributed by atoms with Crippen LogP contribution >= 0.6 is 0 Å². The highest BCUT2D eigenvalue weighted by Gasteiger charge is 2.06. The Morgan fingerprint density at radius 2 is 2.45 bits per heavy atom. The Labute approximate surface area is 62.8 Å². The number of nitro groups is 1. The molecule has 0 radical (unpaired) electrons. The number of rotatable bonds is 2. The molecule has 0 atom stereocenters. The van der Waals surface area contributed by atoms with E-state index in [9.17, 15) is 10.1 Å². The van der Waals surface area contributed by atoms with Gasteiger partial charge in [0.25, 0.3) is 0 Å². The highest BCUT2D eigenvalue weighted by molar-refractivity contribution is 5.30. The van der Waals surface area contributed by atoms with E-state index in [2.05, 4.69) is 4.98 Å². The minimum Gasteiger partial charge on any atom is -0.496 e. The summed E-state index contributed by atoms with van der Waals surface area (Å²) in [7, 11) is 1.44. The lowest BCUT2D eigenvalue weighted by molar-refractivity contribution is -0.389. The molecule has 0 bridgehead atoms. The minimum atomic E-state index is -0.567. The van der Waals surface area contributed by atoms with Crippen LogP contribution in [0.15, 0.2) is 18.3 Å². The summed E-state index contributed by atoms with van der Waals surface area (Å²) < 4.78 is 4.76. The molecule has 0 aliphatic carbocycles. The van der Waals surface area contributed by atoms with E-state index in [1.807, 2.05) is 0 Å². The maximum Gasteiger partial charge on any atom is 0.367 e. The summed E-state index contributed by atoms with van der Waals surface area (Å²) in [5, 5.41) is 10.2. The number of hydrogen-bond acceptors (Lipinski definition) is 4. The fourth-order valence-corrected chi connectivity index (χ4v) is 0.627. The number of methoxy groups -OCH3 is 1. The summed E-state index contributed by atoms with van der Waals surface area (Å²) in [5.41, 5.74) is 0. The van der Waals surface area contributed by atoms with E-state index in [1.165, 1.54) is 19.4 Å². The van der Waals surface area contributed by atoms with Crippen molar-refractivity contribution in [3.8, 4) is 5.75 Å². The highest BCUT2D eigenvalue weighted by Crippen LogP contribution is 2.14. The second-order valence-electron chi connectivity index (χ2n) is 1.81. The van der Waals surface area contributed by atoms with E-state index in [-0.39, 0.29) is 5.82 Å². The summed E-state index contributed by atoms with van der Waals surface area (Å²) in [4.78, 5) is 13.1. The summed E-state index contributed by atoms with van der Waals surface area (Å²) in [5.74, 6) is 0.232. The monoisotopic (exact) mass is 154 g/mol. The SMILES string of the molecule is COc1ccnc([N+](=O)[O-])c1. The Bertz CT molecular complexity index is 274. The maximum absolute atomic E-state index is 10.2. The Hall–Kier alpha value is -1.65. The van der Waals surface area contributed by atoms with Gasteiger partial charge < -0.3 is 14.9 Å². The van der Waals surface area contributed by atoms with Crippen molar-refractivity contribution in [3.63, 3.8) is 0 Å². The van der Waals surface area contributed by atoms with Crippen LogP contribution in [0.3, 0.4) is 0 Å². The van der Waals surface area contributed by atoms with Crippen molar-refractivity contribution in [1.82, 2.24) is 4.98 Å². The molecular formula is C6H6N2O3. The summed E-state index contributed by atoms with van der Waals surface area (Å²) in [6.45, 7) is 0. The van der Waals surface area contributed by atoms with Gasteiger partial charge >= 0.3 is 5.82 Å². The zero-order chi connectivity index (χ0) is 8.27. The fourth-order valence-electron chi connectivity index (χ4n) is 0.627. The molecule has 5 nitrogen and oxygen atoms in total. The van der Waals surface area contributed by atoms with Crippen molar-refractivity contribution in [3.05, 3.63) is 28.4 Å². The van der Waals surface area contributed by atoms with Crippen molar-refractivity contribution in [2.45, 2.75) is 0 Å². The predicted octanol–water partition coefficient (Wildman–Crippen LogP) is 0.998. The minimum absolute atomic E-state index is 0.204. The van der Waals surface area contributed by atoms with Crippen LogP contribution in [0.1, 0.15) is 0 Å². The van der Waals surface area contributed by atoms with Crippen LogP contribution in [-0.2, 0) is 0 Å². The normalized spacial score (nSPS) is 9.18. The molecule has 0 aromatic carbocycles. The molecule has 1 heterocycles. The molecule has 0 aliphatic rings. The largest absolute Gasteiger partial charge is 0.496 e. The third kappa shape index (κ3) is 1.64. The molecule has 5 heteroatoms. The van der Waals surface area contributed by atoms with Crippen molar-refractivity contribution in [2.24, 2.45) is 0 Å². The average molecular weight is 154 g/mol. The van der Waals surface area contributed by atoms with Gasteiger partial charge in [0.1, 0.15) is 11.9 Å². The van der Waals surface area contributed by atoms with Crippen molar-refractivity contribution >= 4 is 5.82 Å². The molecule has 0 saturated carbocycles. The molecule has 0 saturated heterocycles. The topological polar surface area (TPSA) is 65.3 Å². The standard InChI is InChI=1S/C6H6N2O3/c1-11-5-2-3-7-6(4-5)8(9)10/h2-4H,1H3. The molecule has 0 spiro atoms. The molecule has 0 aliphatic heterocycles. The van der Waals surface area contributed by atoms with E-state index >= 15 is 0 Å². The van der Waals surface area contributed by atoms with Gasteiger partial charge in [-0.05, 0) is 9.91 Å². The molecule has 1 aromatic heterocycles. The zero-order valence-electron chi connectivity index (χ0n) is 5.85. The van der Waals surface area contributed by atoms with Gasteiger partial charge in [-0.3, -0.25) is 0 Å². The molecule has 0 N–H and O–H groups in total. The van der Waals surface area contributed by atoms with Crippen molar-refractivity contribution < 1.29 is 9.66 Å². The van der Waals surface area contributed by atoms with Crippen LogP contribution in [0.4, 0.5) is 5.82 Å². The number of pyridine rings is 1. The molecule has 0 unspecified atom stereocenters. The summed E-state index contributed by atoms with van der Waals surface area (Å²) >= 11 is 0. The molecule has 1 rings (SSSR count). The lowest BCUT2D eigenvalue weighted by Crippen LogP contribution is -1.92. The molecule has 1 aromatic rings. The second-order valence-corrected chi connectivity index (χ2v) is 1.81. The van der Waals surface area contributed by atoms with Crippen LogP contribution in [0.2, 0.25) is 0 Å². The van der Waals surface area contributed by atoms with Gasteiger partial charge in [-0.2, -0.15) is 0 Å². The number of nitrogens with zero attached hydrogens (tertiary/aromatic N) is 2. The maximum atomic E-state index is 10.2. The van der Waals surface area contributed by atoms with E-state index < -0.39 is 4.92 Å². The zero-order valence-corrected chi connectivity index (χ0v) is 5.85. The van der Waals surface area contributed by atoms with E-state index in [0.29, 0.717) is 5.75 Å². The van der Waals surface area contributed by atoms with Gasteiger partial charge in [-0.25, -0.2) is 0 Å². The number of hydrogen-bond donors (Lipinski definition) is 0. The molecular weight excluding hydrogens is 148 g/mol. The summed E-state index contributed by atoms with van der Waals surface area (Å²) in [6.07, 6.45) is 1.33. The second kappa shape index (κ2) is 2.96. The first-order valence-electron chi connectivity index (χ1n) is 2.88. The van der Waals surface area contributed by atoms with Crippen LogP contribution in [0.5, 0.6) is 5.75 Å². The van der Waals surface area contributed by atoms with Gasteiger partial charge in [0.05, 0.1) is 13.2 Å². The molecule has 58 valence electrons. The lowest BCUT2D eigenvalue weighted by atomic mass is 10.4. The number of ether oxygens (including phenoxy) is 1. The average Bonchev–Trinajstić information content (AvgIpc) is 2.05. The van der Waals surface area contributed by atoms with E-state index in [4.69, 9.17) is 4.74 Å².